The molecule has 27 heavy (non-hydrogen) atoms. The number of aromatic nitrogens is 2. The summed E-state index contributed by atoms with van der Waals surface area (Å²) in [6, 6.07) is 16.9. The zero-order chi connectivity index (χ0) is 18.2. The molecule has 0 bridgehead atoms. The molecule has 0 aliphatic rings. The van der Waals surface area contributed by atoms with Gasteiger partial charge in [0.05, 0.1) is 22.9 Å². The quantitative estimate of drug-likeness (QED) is 0.317. The van der Waals surface area contributed by atoms with Crippen molar-refractivity contribution in [1.82, 2.24) is 8.75 Å². The molecule has 3 heterocycles. The van der Waals surface area contributed by atoms with Crippen molar-refractivity contribution in [3.63, 3.8) is 0 Å². The average Bonchev–Trinajstić information content (AvgIpc) is 3.46. The van der Waals surface area contributed by atoms with Gasteiger partial charge in [0.15, 0.2) is 11.6 Å². The first-order valence-electron chi connectivity index (χ1n) is 8.11. The van der Waals surface area contributed by atoms with E-state index in [4.69, 9.17) is 4.74 Å². The molecule has 0 saturated carbocycles. The normalized spacial score (nSPS) is 11.1. The third-order valence-corrected chi connectivity index (χ3v) is 6.41. The lowest BCUT2D eigenvalue weighted by Gasteiger charge is -2.14. The molecule has 132 valence electrons. The Labute approximate surface area is 166 Å². The summed E-state index contributed by atoms with van der Waals surface area (Å²) >= 11 is 4.08. The van der Waals surface area contributed by atoms with Crippen LogP contribution in [0.4, 0.5) is 4.39 Å². The third kappa shape index (κ3) is 2.84. The van der Waals surface area contributed by atoms with Crippen LogP contribution in [0, 0.1) is 5.82 Å². The zero-order valence-corrected chi connectivity index (χ0v) is 16.2. The maximum atomic E-state index is 15.8. The van der Waals surface area contributed by atoms with Crippen molar-refractivity contribution in [2.45, 2.75) is 0 Å². The molecule has 0 amide bonds. The molecule has 0 aliphatic carbocycles. The maximum Gasteiger partial charge on any atom is 0.177 e. The van der Waals surface area contributed by atoms with Crippen molar-refractivity contribution in [2.24, 2.45) is 0 Å². The Kier molecular flexibility index (Phi) is 4.20. The highest BCUT2D eigenvalue weighted by Gasteiger charge is 2.27. The highest BCUT2D eigenvalue weighted by atomic mass is 32.1. The van der Waals surface area contributed by atoms with E-state index in [9.17, 15) is 0 Å². The Morgan fingerprint density at radius 3 is 2.00 bits per heavy atom. The zero-order valence-electron chi connectivity index (χ0n) is 13.8. The fraction of sp³-hybridized carbons (Fsp3) is 0. The minimum absolute atomic E-state index is 0.187. The van der Waals surface area contributed by atoms with E-state index in [-0.39, 0.29) is 5.75 Å². The summed E-state index contributed by atoms with van der Waals surface area (Å²) in [7, 11) is 0. The van der Waals surface area contributed by atoms with E-state index in [0.717, 1.165) is 21.5 Å². The molecule has 0 radical (unpaired) electrons. The van der Waals surface area contributed by atoms with Crippen molar-refractivity contribution >= 4 is 45.4 Å². The Bertz CT molecular complexity index is 1200. The predicted octanol–water partition coefficient (Wildman–Crippen LogP) is 7.08. The second-order valence-electron chi connectivity index (χ2n) is 5.72. The first-order chi connectivity index (χ1) is 13.3. The van der Waals surface area contributed by atoms with Gasteiger partial charge in [-0.15, -0.1) is 22.7 Å². The SMILES string of the molecule is Fc1c(Oc2ccccc2)c(-c2cccs2)c2nsnc2c1-c1cccs1. The molecule has 3 nitrogen and oxygen atoms in total. The Morgan fingerprint density at radius 2 is 1.37 bits per heavy atom. The van der Waals surface area contributed by atoms with Crippen molar-refractivity contribution in [3.8, 4) is 32.4 Å². The molecule has 0 atom stereocenters. The predicted molar refractivity (Wildman–Crippen MR) is 111 cm³/mol. The maximum absolute atomic E-state index is 15.8. The van der Waals surface area contributed by atoms with Gasteiger partial charge in [-0.25, -0.2) is 4.39 Å². The van der Waals surface area contributed by atoms with E-state index in [1.165, 1.54) is 22.7 Å². The van der Waals surface area contributed by atoms with E-state index < -0.39 is 5.82 Å². The van der Waals surface area contributed by atoms with Gasteiger partial charge in [0, 0.05) is 9.75 Å². The smallest absolute Gasteiger partial charge is 0.177 e. The highest BCUT2D eigenvalue weighted by molar-refractivity contribution is 7.14. The van der Waals surface area contributed by atoms with Crippen LogP contribution in [0.5, 0.6) is 11.5 Å². The Morgan fingerprint density at radius 1 is 0.741 bits per heavy atom. The van der Waals surface area contributed by atoms with Gasteiger partial charge in [-0.1, -0.05) is 30.3 Å². The van der Waals surface area contributed by atoms with Crippen LogP contribution >= 0.6 is 34.4 Å². The summed E-state index contributed by atoms with van der Waals surface area (Å²) < 4.78 is 30.7. The first kappa shape index (κ1) is 16.6. The van der Waals surface area contributed by atoms with Gasteiger partial charge >= 0.3 is 0 Å². The van der Waals surface area contributed by atoms with Gasteiger partial charge in [-0.3, -0.25) is 0 Å². The molecule has 0 spiro atoms. The minimum Gasteiger partial charge on any atom is -0.453 e. The van der Waals surface area contributed by atoms with Gasteiger partial charge in [-0.05, 0) is 35.0 Å². The molecular formula is C20H11FN2OS3. The van der Waals surface area contributed by atoms with Gasteiger partial charge in [0.1, 0.15) is 16.8 Å². The topological polar surface area (TPSA) is 35.0 Å². The standard InChI is InChI=1S/C20H11FN2OS3/c21-17-15(13-8-4-10-25-13)18-19(23-27-22-18)16(14-9-5-11-26-14)20(17)24-12-6-2-1-3-7-12/h1-11H. The van der Waals surface area contributed by atoms with Crippen molar-refractivity contribution < 1.29 is 9.13 Å². The van der Waals surface area contributed by atoms with Crippen molar-refractivity contribution in [3.05, 3.63) is 71.2 Å². The number of thiophene rings is 2. The van der Waals surface area contributed by atoms with E-state index >= 15 is 4.39 Å². The summed E-state index contributed by atoms with van der Waals surface area (Å²) in [6.45, 7) is 0. The molecule has 3 aromatic heterocycles. The number of halogens is 1. The summed E-state index contributed by atoms with van der Waals surface area (Å²) in [4.78, 5) is 1.70. The van der Waals surface area contributed by atoms with E-state index in [1.54, 1.807) is 0 Å². The molecule has 0 unspecified atom stereocenters. The fourth-order valence-corrected chi connectivity index (χ4v) is 5.04. The number of fused-ring (bicyclic) bond motifs is 1. The second-order valence-corrected chi connectivity index (χ2v) is 8.15. The molecule has 0 N–H and O–H groups in total. The number of hydrogen-bond donors (Lipinski definition) is 0. The second kappa shape index (κ2) is 6.84. The van der Waals surface area contributed by atoms with Crippen molar-refractivity contribution in [1.29, 1.82) is 0 Å². The largest absolute Gasteiger partial charge is 0.453 e. The number of hydrogen-bond acceptors (Lipinski definition) is 6. The molecule has 0 saturated heterocycles. The van der Waals surface area contributed by atoms with Crippen LogP contribution in [0.15, 0.2) is 65.4 Å². The molecule has 7 heteroatoms. The average molecular weight is 411 g/mol. The van der Waals surface area contributed by atoms with Crippen LogP contribution in [0.1, 0.15) is 0 Å². The molecule has 2 aromatic carbocycles. The molecule has 5 aromatic rings. The third-order valence-electron chi connectivity index (χ3n) is 4.11. The van der Waals surface area contributed by atoms with Crippen molar-refractivity contribution in [2.75, 3.05) is 0 Å². The van der Waals surface area contributed by atoms with Gasteiger partial charge in [0.25, 0.3) is 0 Å². The van der Waals surface area contributed by atoms with Crippen LogP contribution in [0.2, 0.25) is 0 Å². The number of rotatable bonds is 4. The van der Waals surface area contributed by atoms with Crippen LogP contribution in [-0.4, -0.2) is 8.75 Å². The van der Waals surface area contributed by atoms with Gasteiger partial charge in [0.2, 0.25) is 0 Å². The number of nitrogens with zero attached hydrogens (tertiary/aromatic N) is 2. The Balaban J connectivity index is 1.85. The van der Waals surface area contributed by atoms with Crippen LogP contribution in [-0.2, 0) is 0 Å². The van der Waals surface area contributed by atoms with Crippen LogP contribution < -0.4 is 4.74 Å². The summed E-state index contributed by atoms with van der Waals surface area (Å²) in [5.74, 6) is 0.353. The summed E-state index contributed by atoms with van der Waals surface area (Å²) in [6.07, 6.45) is 0. The van der Waals surface area contributed by atoms with Gasteiger partial charge < -0.3 is 4.74 Å². The fourth-order valence-electron chi connectivity index (χ4n) is 2.95. The lowest BCUT2D eigenvalue weighted by molar-refractivity contribution is 0.446. The number of benzene rings is 2. The monoisotopic (exact) mass is 410 g/mol. The summed E-state index contributed by atoms with van der Waals surface area (Å²) in [5.41, 5.74) is 2.33. The van der Waals surface area contributed by atoms with E-state index in [2.05, 4.69) is 8.75 Å². The summed E-state index contributed by atoms with van der Waals surface area (Å²) in [5, 5.41) is 3.88. The molecule has 0 aliphatic heterocycles. The van der Waals surface area contributed by atoms with E-state index in [0.29, 0.717) is 27.9 Å². The minimum atomic E-state index is -0.412. The molecule has 5 rings (SSSR count). The van der Waals surface area contributed by atoms with Crippen LogP contribution in [0.3, 0.4) is 0 Å². The van der Waals surface area contributed by atoms with Gasteiger partial charge in [-0.2, -0.15) is 8.75 Å². The van der Waals surface area contributed by atoms with E-state index in [1.807, 2.05) is 65.4 Å². The lowest BCUT2D eigenvalue weighted by Crippen LogP contribution is -1.96. The Hall–Kier alpha value is -2.61. The number of para-hydroxylation sites is 1. The van der Waals surface area contributed by atoms with Crippen LogP contribution in [0.25, 0.3) is 31.9 Å². The molecule has 0 fully saturated rings. The first-order valence-corrected chi connectivity index (χ1v) is 10.6. The highest BCUT2D eigenvalue weighted by Crippen LogP contribution is 2.47. The molecular weight excluding hydrogens is 399 g/mol. The lowest BCUT2D eigenvalue weighted by atomic mass is 10.0. The number of ether oxygens (including phenoxy) is 1.